The molecule has 3 heteroatoms. The van der Waals surface area contributed by atoms with Crippen molar-refractivity contribution in [1.82, 2.24) is 9.78 Å². The molecule has 0 bridgehead atoms. The van der Waals surface area contributed by atoms with E-state index in [1.54, 1.807) is 0 Å². The number of nitrogens with zero attached hydrogens (tertiary/aromatic N) is 2. The van der Waals surface area contributed by atoms with E-state index < -0.39 is 0 Å². The average Bonchev–Trinajstić information content (AvgIpc) is 2.82. The van der Waals surface area contributed by atoms with Crippen LogP contribution in [0, 0.1) is 11.8 Å². The Morgan fingerprint density at radius 3 is 2.88 bits per heavy atom. The minimum absolute atomic E-state index is 0.301. The third-order valence-corrected chi connectivity index (χ3v) is 3.87. The van der Waals surface area contributed by atoms with Gasteiger partial charge < -0.3 is 5.73 Å². The molecular weight excluding hydrogens is 198 g/mol. The van der Waals surface area contributed by atoms with Crippen LogP contribution in [0.3, 0.4) is 0 Å². The summed E-state index contributed by atoms with van der Waals surface area (Å²) in [4.78, 5) is 0. The van der Waals surface area contributed by atoms with Gasteiger partial charge in [-0.05, 0) is 37.7 Å². The van der Waals surface area contributed by atoms with Gasteiger partial charge in [-0.3, -0.25) is 4.68 Å². The van der Waals surface area contributed by atoms with Crippen LogP contribution in [0.4, 0.5) is 0 Å². The predicted molar refractivity (Wildman–Crippen MR) is 66.2 cm³/mol. The molecule has 0 aromatic carbocycles. The molecule has 1 aliphatic rings. The highest BCUT2D eigenvalue weighted by Gasteiger charge is 2.37. The van der Waals surface area contributed by atoms with E-state index in [0.29, 0.717) is 12.1 Å². The quantitative estimate of drug-likeness (QED) is 0.829. The molecule has 90 valence electrons. The fraction of sp³-hybridized carbons (Fsp3) is 0.769. The van der Waals surface area contributed by atoms with E-state index in [0.717, 1.165) is 30.4 Å². The Balaban J connectivity index is 1.92. The summed E-state index contributed by atoms with van der Waals surface area (Å²) in [5.74, 6) is 1.56. The molecule has 1 aromatic heterocycles. The van der Waals surface area contributed by atoms with Crippen LogP contribution in [0.2, 0.25) is 0 Å². The zero-order chi connectivity index (χ0) is 11.7. The van der Waals surface area contributed by atoms with Crippen LogP contribution in [0.15, 0.2) is 12.3 Å². The Morgan fingerprint density at radius 2 is 2.31 bits per heavy atom. The van der Waals surface area contributed by atoms with Crippen molar-refractivity contribution in [2.45, 2.75) is 52.1 Å². The Bertz CT molecular complexity index is 345. The monoisotopic (exact) mass is 221 g/mol. The molecule has 0 saturated heterocycles. The van der Waals surface area contributed by atoms with E-state index in [1.165, 1.54) is 6.42 Å². The SMILES string of the molecule is CCC(C)n1ccc(CC(N)C2CC2C)n1. The van der Waals surface area contributed by atoms with Crippen LogP contribution in [0.5, 0.6) is 0 Å². The van der Waals surface area contributed by atoms with Crippen molar-refractivity contribution in [2.75, 3.05) is 0 Å². The molecule has 4 atom stereocenters. The third-order valence-electron chi connectivity index (χ3n) is 3.87. The number of hydrogen-bond donors (Lipinski definition) is 1. The van der Waals surface area contributed by atoms with E-state index in [1.807, 2.05) is 0 Å². The van der Waals surface area contributed by atoms with Crippen molar-refractivity contribution in [3.63, 3.8) is 0 Å². The highest BCUT2D eigenvalue weighted by Crippen LogP contribution is 2.40. The van der Waals surface area contributed by atoms with Crippen LogP contribution in [-0.4, -0.2) is 15.8 Å². The standard InChI is InChI=1S/C13H23N3/c1-4-10(3)16-6-5-11(15-16)8-13(14)12-7-9(12)2/h5-6,9-10,12-13H,4,7-8,14H2,1-3H3. The van der Waals surface area contributed by atoms with Crippen LogP contribution < -0.4 is 5.73 Å². The highest BCUT2D eigenvalue weighted by molar-refractivity contribution is 5.05. The first-order valence-electron chi connectivity index (χ1n) is 6.41. The zero-order valence-corrected chi connectivity index (χ0v) is 10.6. The Hall–Kier alpha value is -0.830. The summed E-state index contributed by atoms with van der Waals surface area (Å²) in [5.41, 5.74) is 7.32. The summed E-state index contributed by atoms with van der Waals surface area (Å²) in [6.07, 6.45) is 5.42. The minimum atomic E-state index is 0.301. The van der Waals surface area contributed by atoms with Crippen molar-refractivity contribution < 1.29 is 0 Å². The predicted octanol–water partition coefficient (Wildman–Crippen LogP) is 2.38. The molecule has 0 spiro atoms. The Morgan fingerprint density at radius 1 is 1.62 bits per heavy atom. The van der Waals surface area contributed by atoms with Gasteiger partial charge in [-0.25, -0.2) is 0 Å². The number of nitrogens with two attached hydrogens (primary N) is 1. The summed E-state index contributed by atoms with van der Waals surface area (Å²) in [6.45, 7) is 6.66. The van der Waals surface area contributed by atoms with E-state index in [2.05, 4.69) is 42.8 Å². The van der Waals surface area contributed by atoms with Crippen molar-refractivity contribution in [3.05, 3.63) is 18.0 Å². The van der Waals surface area contributed by atoms with Gasteiger partial charge in [-0.2, -0.15) is 5.10 Å². The molecular formula is C13H23N3. The van der Waals surface area contributed by atoms with Crippen LogP contribution in [-0.2, 0) is 6.42 Å². The first kappa shape index (κ1) is 11.6. The van der Waals surface area contributed by atoms with Crippen molar-refractivity contribution in [2.24, 2.45) is 17.6 Å². The van der Waals surface area contributed by atoms with Gasteiger partial charge in [0, 0.05) is 24.7 Å². The molecule has 1 saturated carbocycles. The maximum absolute atomic E-state index is 6.17. The molecule has 0 amide bonds. The minimum Gasteiger partial charge on any atom is -0.327 e. The topological polar surface area (TPSA) is 43.8 Å². The van der Waals surface area contributed by atoms with Crippen molar-refractivity contribution >= 4 is 0 Å². The van der Waals surface area contributed by atoms with Crippen LogP contribution >= 0.6 is 0 Å². The van der Waals surface area contributed by atoms with E-state index >= 15 is 0 Å². The van der Waals surface area contributed by atoms with Gasteiger partial charge in [0.15, 0.2) is 0 Å². The number of aromatic nitrogens is 2. The van der Waals surface area contributed by atoms with Gasteiger partial charge in [0.1, 0.15) is 0 Å². The molecule has 1 heterocycles. The second-order valence-corrected chi connectivity index (χ2v) is 5.29. The lowest BCUT2D eigenvalue weighted by molar-refractivity contribution is 0.468. The second kappa shape index (κ2) is 4.58. The van der Waals surface area contributed by atoms with Gasteiger partial charge in [-0.15, -0.1) is 0 Å². The molecule has 16 heavy (non-hydrogen) atoms. The second-order valence-electron chi connectivity index (χ2n) is 5.29. The smallest absolute Gasteiger partial charge is 0.0640 e. The number of rotatable bonds is 5. The maximum Gasteiger partial charge on any atom is 0.0640 e. The first-order chi connectivity index (χ1) is 7.61. The average molecular weight is 221 g/mol. The van der Waals surface area contributed by atoms with Gasteiger partial charge in [0.25, 0.3) is 0 Å². The molecule has 1 aliphatic carbocycles. The van der Waals surface area contributed by atoms with Gasteiger partial charge >= 0.3 is 0 Å². The van der Waals surface area contributed by atoms with Gasteiger partial charge in [0.2, 0.25) is 0 Å². The van der Waals surface area contributed by atoms with Gasteiger partial charge in [0.05, 0.1) is 5.69 Å². The number of hydrogen-bond acceptors (Lipinski definition) is 2. The normalized spacial score (nSPS) is 27.8. The van der Waals surface area contributed by atoms with Gasteiger partial charge in [-0.1, -0.05) is 13.8 Å². The lowest BCUT2D eigenvalue weighted by atomic mass is 10.1. The zero-order valence-electron chi connectivity index (χ0n) is 10.6. The summed E-state index contributed by atoms with van der Waals surface area (Å²) >= 11 is 0. The molecule has 0 aliphatic heterocycles. The molecule has 2 rings (SSSR count). The Labute approximate surface area is 98.0 Å². The molecule has 1 fully saturated rings. The fourth-order valence-corrected chi connectivity index (χ4v) is 2.26. The summed E-state index contributed by atoms with van der Waals surface area (Å²) in [5, 5.41) is 4.59. The summed E-state index contributed by atoms with van der Waals surface area (Å²) < 4.78 is 2.05. The molecule has 1 aromatic rings. The van der Waals surface area contributed by atoms with Crippen LogP contribution in [0.1, 0.15) is 45.3 Å². The van der Waals surface area contributed by atoms with E-state index in [-0.39, 0.29) is 0 Å². The maximum atomic E-state index is 6.17. The first-order valence-corrected chi connectivity index (χ1v) is 6.41. The van der Waals surface area contributed by atoms with E-state index in [9.17, 15) is 0 Å². The Kier molecular flexibility index (Phi) is 3.33. The van der Waals surface area contributed by atoms with Crippen molar-refractivity contribution in [3.8, 4) is 0 Å². The lowest BCUT2D eigenvalue weighted by Crippen LogP contribution is -2.26. The van der Waals surface area contributed by atoms with Crippen molar-refractivity contribution in [1.29, 1.82) is 0 Å². The summed E-state index contributed by atoms with van der Waals surface area (Å²) in [7, 11) is 0. The molecule has 2 N–H and O–H groups in total. The summed E-state index contributed by atoms with van der Waals surface area (Å²) in [6, 6.07) is 2.90. The molecule has 4 unspecified atom stereocenters. The third kappa shape index (κ3) is 2.46. The fourth-order valence-electron chi connectivity index (χ4n) is 2.26. The lowest BCUT2D eigenvalue weighted by Gasteiger charge is -2.10. The molecule has 0 radical (unpaired) electrons. The van der Waals surface area contributed by atoms with E-state index in [4.69, 9.17) is 5.73 Å². The van der Waals surface area contributed by atoms with Crippen LogP contribution in [0.25, 0.3) is 0 Å². The highest BCUT2D eigenvalue weighted by atomic mass is 15.3. The largest absolute Gasteiger partial charge is 0.327 e. The molecule has 3 nitrogen and oxygen atoms in total.